The number of hydrogen-bond donors (Lipinski definition) is 2. The molecule has 0 aromatic heterocycles. The molecular formula is C17H16ClNO4S. The Bertz CT molecular complexity index is 895. The van der Waals surface area contributed by atoms with E-state index in [-0.39, 0.29) is 15.5 Å². The number of sulfonamides is 1. The zero-order valence-corrected chi connectivity index (χ0v) is 14.3. The summed E-state index contributed by atoms with van der Waals surface area (Å²) < 4.78 is 27.9. The first-order valence-corrected chi connectivity index (χ1v) is 9.37. The van der Waals surface area contributed by atoms with Crippen LogP contribution in [0.25, 0.3) is 0 Å². The molecule has 2 aromatic rings. The van der Waals surface area contributed by atoms with Crippen LogP contribution in [0.4, 0.5) is 0 Å². The molecule has 0 bridgehead atoms. The molecule has 126 valence electrons. The minimum atomic E-state index is -3.80. The summed E-state index contributed by atoms with van der Waals surface area (Å²) in [7, 11) is -3.80. The van der Waals surface area contributed by atoms with Crippen LogP contribution in [0, 0.1) is 0 Å². The molecule has 1 aliphatic rings. The van der Waals surface area contributed by atoms with Crippen molar-refractivity contribution in [1.29, 1.82) is 0 Å². The summed E-state index contributed by atoms with van der Waals surface area (Å²) in [6.07, 6.45) is 2.24. The lowest BCUT2D eigenvalue weighted by atomic mass is 9.87. The summed E-state index contributed by atoms with van der Waals surface area (Å²) in [5.41, 5.74) is 1.84. The van der Waals surface area contributed by atoms with Gasteiger partial charge in [0.2, 0.25) is 10.0 Å². The Morgan fingerprint density at radius 2 is 1.96 bits per heavy atom. The van der Waals surface area contributed by atoms with Crippen LogP contribution in [0.2, 0.25) is 5.02 Å². The highest BCUT2D eigenvalue weighted by atomic mass is 35.5. The molecule has 0 unspecified atom stereocenters. The van der Waals surface area contributed by atoms with E-state index in [1.807, 2.05) is 0 Å². The lowest BCUT2D eigenvalue weighted by molar-refractivity contribution is 0.0696. The Morgan fingerprint density at radius 3 is 2.67 bits per heavy atom. The third-order valence-corrected chi connectivity index (χ3v) is 6.10. The number of benzene rings is 2. The number of halogens is 1. The number of aromatic carboxylic acids is 1. The number of carboxylic acids is 1. The van der Waals surface area contributed by atoms with Crippen LogP contribution in [-0.2, 0) is 16.4 Å². The van der Waals surface area contributed by atoms with Crippen LogP contribution in [0.1, 0.15) is 40.4 Å². The number of aryl methyl sites for hydroxylation is 1. The van der Waals surface area contributed by atoms with E-state index in [2.05, 4.69) is 4.72 Å². The maximum Gasteiger partial charge on any atom is 0.335 e. The number of carboxylic acid groups (broad SMARTS) is 1. The molecule has 0 radical (unpaired) electrons. The minimum Gasteiger partial charge on any atom is -0.478 e. The third kappa shape index (κ3) is 3.31. The lowest BCUT2D eigenvalue weighted by Gasteiger charge is -2.26. The van der Waals surface area contributed by atoms with Crippen molar-refractivity contribution in [2.24, 2.45) is 0 Å². The van der Waals surface area contributed by atoms with Gasteiger partial charge >= 0.3 is 5.97 Å². The Balaban J connectivity index is 1.97. The van der Waals surface area contributed by atoms with Gasteiger partial charge in [0.15, 0.2) is 0 Å². The van der Waals surface area contributed by atoms with E-state index >= 15 is 0 Å². The molecule has 0 amide bonds. The maximum absolute atomic E-state index is 12.6. The molecule has 24 heavy (non-hydrogen) atoms. The number of rotatable bonds is 4. The molecule has 0 saturated heterocycles. The van der Waals surface area contributed by atoms with Gasteiger partial charge in [0.05, 0.1) is 10.6 Å². The molecule has 0 heterocycles. The van der Waals surface area contributed by atoms with Crippen LogP contribution in [-0.4, -0.2) is 19.5 Å². The van der Waals surface area contributed by atoms with Gasteiger partial charge in [-0.2, -0.15) is 0 Å². The summed E-state index contributed by atoms with van der Waals surface area (Å²) in [5, 5.41) is 9.32. The second-order valence-corrected chi connectivity index (χ2v) is 7.80. The molecule has 3 rings (SSSR count). The van der Waals surface area contributed by atoms with Crippen molar-refractivity contribution in [1.82, 2.24) is 4.72 Å². The van der Waals surface area contributed by atoms with Gasteiger partial charge in [-0.25, -0.2) is 17.9 Å². The van der Waals surface area contributed by atoms with Crippen molar-refractivity contribution in [2.75, 3.05) is 0 Å². The van der Waals surface area contributed by atoms with E-state index in [4.69, 9.17) is 16.7 Å². The Morgan fingerprint density at radius 1 is 1.21 bits per heavy atom. The number of hydrogen-bond acceptors (Lipinski definition) is 3. The number of carbonyl (C=O) groups is 1. The van der Waals surface area contributed by atoms with Crippen LogP contribution >= 0.6 is 11.6 Å². The topological polar surface area (TPSA) is 83.5 Å². The van der Waals surface area contributed by atoms with Gasteiger partial charge in [0, 0.05) is 6.04 Å². The average Bonchev–Trinajstić information content (AvgIpc) is 2.54. The third-order valence-electron chi connectivity index (χ3n) is 4.13. The van der Waals surface area contributed by atoms with Crippen molar-refractivity contribution < 1.29 is 18.3 Å². The fraction of sp³-hybridized carbons (Fsp3) is 0.235. The molecule has 1 aliphatic carbocycles. The highest BCUT2D eigenvalue weighted by Crippen LogP contribution is 2.32. The van der Waals surface area contributed by atoms with Crippen molar-refractivity contribution in [2.45, 2.75) is 30.2 Å². The smallest absolute Gasteiger partial charge is 0.335 e. The quantitative estimate of drug-likeness (QED) is 0.869. The summed E-state index contributed by atoms with van der Waals surface area (Å²) in [5.74, 6) is -1.03. The molecule has 0 saturated carbocycles. The van der Waals surface area contributed by atoms with Crippen LogP contribution in [0.5, 0.6) is 0 Å². The van der Waals surface area contributed by atoms with Gasteiger partial charge < -0.3 is 5.11 Å². The van der Waals surface area contributed by atoms with Crippen molar-refractivity contribution >= 4 is 27.6 Å². The largest absolute Gasteiger partial charge is 0.478 e. The van der Waals surface area contributed by atoms with E-state index < -0.39 is 22.0 Å². The summed E-state index contributed by atoms with van der Waals surface area (Å²) in [6, 6.07) is 10.6. The lowest BCUT2D eigenvalue weighted by Crippen LogP contribution is -2.31. The molecule has 1 atom stereocenters. The first kappa shape index (κ1) is 17.0. The second-order valence-electron chi connectivity index (χ2n) is 5.72. The first-order chi connectivity index (χ1) is 11.4. The maximum atomic E-state index is 12.6. The molecule has 2 N–H and O–H groups in total. The van der Waals surface area contributed by atoms with Crippen molar-refractivity contribution in [3.63, 3.8) is 0 Å². The average molecular weight is 366 g/mol. The van der Waals surface area contributed by atoms with Gasteiger partial charge in [-0.3, -0.25) is 0 Å². The molecule has 7 heteroatoms. The zero-order chi connectivity index (χ0) is 17.3. The molecular weight excluding hydrogens is 350 g/mol. The van der Waals surface area contributed by atoms with Crippen LogP contribution < -0.4 is 4.72 Å². The van der Waals surface area contributed by atoms with E-state index in [1.165, 1.54) is 12.1 Å². The normalized spacial score (nSPS) is 17.3. The molecule has 2 aromatic carbocycles. The fourth-order valence-corrected chi connectivity index (χ4v) is 4.74. The molecule has 0 aliphatic heterocycles. The minimum absolute atomic E-state index is 0.0215. The molecule has 0 fully saturated rings. The fourth-order valence-electron chi connectivity index (χ4n) is 2.97. The highest BCUT2D eigenvalue weighted by molar-refractivity contribution is 7.89. The van der Waals surface area contributed by atoms with Crippen LogP contribution in [0.3, 0.4) is 0 Å². The second kappa shape index (κ2) is 6.55. The summed E-state index contributed by atoms with van der Waals surface area (Å²) in [4.78, 5) is 11.2. The molecule has 5 nitrogen and oxygen atoms in total. The molecule has 0 spiro atoms. The number of fused-ring (bicyclic) bond motifs is 1. The van der Waals surface area contributed by atoms with Gasteiger partial charge in [-0.15, -0.1) is 0 Å². The predicted octanol–water partition coefficient (Wildman–Crippen LogP) is 3.39. The van der Waals surface area contributed by atoms with Crippen LogP contribution in [0.15, 0.2) is 47.4 Å². The highest BCUT2D eigenvalue weighted by Gasteiger charge is 2.27. The van der Waals surface area contributed by atoms with E-state index in [0.717, 1.165) is 24.0 Å². The van der Waals surface area contributed by atoms with Gasteiger partial charge in [0.1, 0.15) is 4.90 Å². The Labute approximate surface area is 145 Å². The SMILES string of the molecule is O=C(O)c1ccc2c(c1)[C@H](NS(=O)(=O)c1ccccc1Cl)CCC2. The van der Waals surface area contributed by atoms with Crippen molar-refractivity contribution in [3.8, 4) is 0 Å². The Hall–Kier alpha value is -1.89. The number of nitrogens with one attached hydrogen (secondary N) is 1. The predicted molar refractivity (Wildman–Crippen MR) is 90.9 cm³/mol. The monoisotopic (exact) mass is 365 g/mol. The summed E-state index contributed by atoms with van der Waals surface area (Å²) in [6.45, 7) is 0. The first-order valence-electron chi connectivity index (χ1n) is 7.51. The van der Waals surface area contributed by atoms with E-state index in [1.54, 1.807) is 30.3 Å². The van der Waals surface area contributed by atoms with Gasteiger partial charge in [-0.1, -0.05) is 29.8 Å². The van der Waals surface area contributed by atoms with E-state index in [9.17, 15) is 13.2 Å². The van der Waals surface area contributed by atoms with Gasteiger partial charge in [-0.05, 0) is 54.7 Å². The zero-order valence-electron chi connectivity index (χ0n) is 12.7. The summed E-state index contributed by atoms with van der Waals surface area (Å²) >= 11 is 6.00. The Kier molecular flexibility index (Phi) is 4.62. The van der Waals surface area contributed by atoms with Gasteiger partial charge in [0.25, 0.3) is 0 Å². The standard InChI is InChI=1S/C17H16ClNO4S/c18-14-5-1-2-7-16(14)24(22,23)19-15-6-3-4-11-8-9-12(17(20)21)10-13(11)15/h1-2,5,7-10,15,19H,3-4,6H2,(H,20,21)/t15-/m1/s1. The van der Waals surface area contributed by atoms with Crippen molar-refractivity contribution in [3.05, 3.63) is 64.2 Å². The van der Waals surface area contributed by atoms with E-state index in [0.29, 0.717) is 6.42 Å².